The van der Waals surface area contributed by atoms with Crippen molar-refractivity contribution >= 4 is 0 Å². The van der Waals surface area contributed by atoms with E-state index in [1.54, 1.807) is 0 Å². The van der Waals surface area contributed by atoms with Gasteiger partial charge in [-0.1, -0.05) is 60.8 Å². The molecule has 0 N–H and O–H groups in total. The molecule has 0 aliphatic heterocycles. The molecule has 0 aromatic carbocycles. The van der Waals surface area contributed by atoms with Crippen molar-refractivity contribution < 1.29 is 0 Å². The number of hydrogen-bond acceptors (Lipinski definition) is 0. The first-order valence-corrected chi connectivity index (χ1v) is 6.50. The first-order valence-electron chi connectivity index (χ1n) is 6.50. The normalized spacial score (nSPS) is 16.3. The number of hydrogen-bond donors (Lipinski definition) is 0. The Balaban J connectivity index is 4.01. The van der Waals surface area contributed by atoms with Crippen molar-refractivity contribution in [2.75, 3.05) is 0 Å². The Morgan fingerprint density at radius 1 is 0.786 bits per heavy atom. The second kappa shape index (κ2) is 7.31. The van der Waals surface area contributed by atoms with E-state index in [9.17, 15) is 0 Å². The highest BCUT2D eigenvalue weighted by Crippen LogP contribution is 2.31. The van der Waals surface area contributed by atoms with Crippen LogP contribution in [-0.2, 0) is 0 Å². The van der Waals surface area contributed by atoms with E-state index in [4.69, 9.17) is 0 Å². The molecule has 0 aromatic heterocycles. The summed E-state index contributed by atoms with van der Waals surface area (Å²) in [5.41, 5.74) is 0. The van der Waals surface area contributed by atoms with Crippen LogP contribution in [0.3, 0.4) is 0 Å². The molecule has 0 spiro atoms. The molecule has 2 atom stereocenters. The van der Waals surface area contributed by atoms with Crippen molar-refractivity contribution in [3.8, 4) is 0 Å². The van der Waals surface area contributed by atoms with Gasteiger partial charge in [-0.15, -0.1) is 0 Å². The van der Waals surface area contributed by atoms with Gasteiger partial charge in [0.05, 0.1) is 0 Å². The van der Waals surface area contributed by atoms with Crippen LogP contribution in [0.2, 0.25) is 0 Å². The molecule has 0 aliphatic rings. The Labute approximate surface area is 91.5 Å². The van der Waals surface area contributed by atoms with Gasteiger partial charge in [0, 0.05) is 0 Å². The third kappa shape index (κ3) is 5.02. The minimum Gasteiger partial charge on any atom is -0.0654 e. The van der Waals surface area contributed by atoms with Gasteiger partial charge in [-0.25, -0.2) is 0 Å². The highest BCUT2D eigenvalue weighted by atomic mass is 14.3. The highest BCUT2D eigenvalue weighted by molar-refractivity contribution is 4.72. The van der Waals surface area contributed by atoms with Crippen LogP contribution >= 0.6 is 0 Å². The fourth-order valence-electron chi connectivity index (χ4n) is 2.33. The van der Waals surface area contributed by atoms with Gasteiger partial charge in [-0.05, 0) is 30.1 Å². The van der Waals surface area contributed by atoms with Crippen molar-refractivity contribution in [3.05, 3.63) is 0 Å². The maximum absolute atomic E-state index is 2.43. The van der Waals surface area contributed by atoms with E-state index in [2.05, 4.69) is 41.5 Å². The molecule has 0 saturated heterocycles. The second-order valence-electron chi connectivity index (χ2n) is 5.51. The van der Waals surface area contributed by atoms with Gasteiger partial charge >= 0.3 is 0 Å². The van der Waals surface area contributed by atoms with Crippen LogP contribution in [-0.4, -0.2) is 0 Å². The van der Waals surface area contributed by atoms with Crippen molar-refractivity contribution in [1.29, 1.82) is 0 Å². The summed E-state index contributed by atoms with van der Waals surface area (Å²) >= 11 is 0. The highest BCUT2D eigenvalue weighted by Gasteiger charge is 2.22. The SMILES string of the molecule is CCCCCC(C(C)C)C(C)C(C)C. The third-order valence-electron chi connectivity index (χ3n) is 3.72. The van der Waals surface area contributed by atoms with E-state index >= 15 is 0 Å². The number of rotatable bonds is 7. The lowest BCUT2D eigenvalue weighted by Crippen LogP contribution is -2.22. The maximum atomic E-state index is 2.43. The molecule has 14 heavy (non-hydrogen) atoms. The topological polar surface area (TPSA) is 0 Å². The molecule has 0 aromatic rings. The Morgan fingerprint density at radius 3 is 1.71 bits per heavy atom. The van der Waals surface area contributed by atoms with Crippen LogP contribution in [0.4, 0.5) is 0 Å². The standard InChI is InChI=1S/C14H30/c1-7-8-9-10-14(12(4)5)13(6)11(2)3/h11-14H,7-10H2,1-6H3. The molecule has 0 rings (SSSR count). The smallest absolute Gasteiger partial charge is 0.0363 e. The van der Waals surface area contributed by atoms with E-state index in [1.165, 1.54) is 25.7 Å². The first-order chi connectivity index (χ1) is 6.50. The lowest BCUT2D eigenvalue weighted by molar-refractivity contribution is 0.197. The Bertz CT molecular complexity index is 124. The van der Waals surface area contributed by atoms with E-state index in [0.717, 1.165) is 23.7 Å². The van der Waals surface area contributed by atoms with Crippen LogP contribution in [0.5, 0.6) is 0 Å². The minimum absolute atomic E-state index is 0.837. The third-order valence-corrected chi connectivity index (χ3v) is 3.72. The average molecular weight is 198 g/mol. The second-order valence-corrected chi connectivity index (χ2v) is 5.51. The van der Waals surface area contributed by atoms with E-state index < -0.39 is 0 Å². The molecule has 0 saturated carbocycles. The summed E-state index contributed by atoms with van der Waals surface area (Å²) in [4.78, 5) is 0. The quantitative estimate of drug-likeness (QED) is 0.497. The van der Waals surface area contributed by atoms with Gasteiger partial charge in [0.25, 0.3) is 0 Å². The monoisotopic (exact) mass is 198 g/mol. The average Bonchev–Trinajstić information content (AvgIpc) is 2.10. The summed E-state index contributed by atoms with van der Waals surface area (Å²) in [5.74, 6) is 3.50. The molecule has 0 bridgehead atoms. The van der Waals surface area contributed by atoms with Crippen LogP contribution in [0.1, 0.15) is 67.2 Å². The largest absolute Gasteiger partial charge is 0.0654 e. The molecular formula is C14H30. The predicted molar refractivity (Wildman–Crippen MR) is 66.5 cm³/mol. The molecule has 0 heteroatoms. The molecule has 86 valence electrons. The first kappa shape index (κ1) is 14.0. The van der Waals surface area contributed by atoms with Gasteiger partial charge in [0.15, 0.2) is 0 Å². The van der Waals surface area contributed by atoms with Crippen molar-refractivity contribution in [1.82, 2.24) is 0 Å². The molecular weight excluding hydrogens is 168 g/mol. The summed E-state index contributed by atoms with van der Waals surface area (Å²) in [6, 6.07) is 0. The molecule has 2 unspecified atom stereocenters. The summed E-state index contributed by atoms with van der Waals surface area (Å²) in [6.07, 6.45) is 5.62. The van der Waals surface area contributed by atoms with Gasteiger partial charge in [-0.2, -0.15) is 0 Å². The molecule has 0 aliphatic carbocycles. The van der Waals surface area contributed by atoms with E-state index in [0.29, 0.717) is 0 Å². The molecule has 0 heterocycles. The molecule has 0 nitrogen and oxygen atoms in total. The van der Waals surface area contributed by atoms with Crippen molar-refractivity contribution in [3.63, 3.8) is 0 Å². The Kier molecular flexibility index (Phi) is 7.31. The fourth-order valence-corrected chi connectivity index (χ4v) is 2.33. The number of unbranched alkanes of at least 4 members (excludes halogenated alkanes) is 2. The zero-order valence-electron chi connectivity index (χ0n) is 11.1. The Morgan fingerprint density at radius 2 is 1.36 bits per heavy atom. The summed E-state index contributed by atoms with van der Waals surface area (Å²) in [6.45, 7) is 14.2. The van der Waals surface area contributed by atoms with Gasteiger partial charge in [0.1, 0.15) is 0 Å². The zero-order chi connectivity index (χ0) is 11.1. The van der Waals surface area contributed by atoms with Gasteiger partial charge in [0.2, 0.25) is 0 Å². The lowest BCUT2D eigenvalue weighted by Gasteiger charge is -2.30. The van der Waals surface area contributed by atoms with Crippen LogP contribution in [0.15, 0.2) is 0 Å². The van der Waals surface area contributed by atoms with Crippen LogP contribution < -0.4 is 0 Å². The van der Waals surface area contributed by atoms with Crippen LogP contribution in [0, 0.1) is 23.7 Å². The van der Waals surface area contributed by atoms with Gasteiger partial charge in [-0.3, -0.25) is 0 Å². The van der Waals surface area contributed by atoms with E-state index in [1.807, 2.05) is 0 Å². The summed E-state index contributed by atoms with van der Waals surface area (Å²) < 4.78 is 0. The lowest BCUT2D eigenvalue weighted by atomic mass is 9.76. The Hall–Kier alpha value is 0. The van der Waals surface area contributed by atoms with Crippen molar-refractivity contribution in [2.45, 2.75) is 67.2 Å². The molecule has 0 amide bonds. The van der Waals surface area contributed by atoms with E-state index in [-0.39, 0.29) is 0 Å². The predicted octanol–water partition coefficient (Wildman–Crippen LogP) is 5.13. The molecule has 0 radical (unpaired) electrons. The molecule has 0 fully saturated rings. The fraction of sp³-hybridized carbons (Fsp3) is 1.00. The van der Waals surface area contributed by atoms with Gasteiger partial charge < -0.3 is 0 Å². The maximum Gasteiger partial charge on any atom is -0.0363 e. The minimum atomic E-state index is 0.837. The van der Waals surface area contributed by atoms with Crippen LogP contribution in [0.25, 0.3) is 0 Å². The van der Waals surface area contributed by atoms with Crippen molar-refractivity contribution in [2.24, 2.45) is 23.7 Å². The summed E-state index contributed by atoms with van der Waals surface area (Å²) in [7, 11) is 0. The summed E-state index contributed by atoms with van der Waals surface area (Å²) in [5, 5.41) is 0. The zero-order valence-corrected chi connectivity index (χ0v) is 11.1.